The number of carbonyl (C=O) groups excluding carboxylic acids is 1. The normalized spacial score (nSPS) is 13.1. The monoisotopic (exact) mass is 381 g/mol. The highest BCUT2D eigenvalue weighted by Crippen LogP contribution is 2.23. The van der Waals surface area contributed by atoms with Crippen molar-refractivity contribution < 1.29 is 14.7 Å². The van der Waals surface area contributed by atoms with Crippen LogP contribution in [0.3, 0.4) is 0 Å². The topological polar surface area (TPSA) is 66.4 Å². The molecule has 3 aromatic carbocycles. The van der Waals surface area contributed by atoms with Crippen molar-refractivity contribution in [2.45, 2.75) is 25.3 Å². The molecule has 0 aliphatic heterocycles. The molecule has 5 heteroatoms. The van der Waals surface area contributed by atoms with Crippen molar-refractivity contribution in [3.05, 3.63) is 82.9 Å². The van der Waals surface area contributed by atoms with Gasteiger partial charge in [-0.05, 0) is 41.0 Å². The first-order valence-electron chi connectivity index (χ1n) is 8.73. The zero-order valence-corrected chi connectivity index (χ0v) is 15.7. The van der Waals surface area contributed by atoms with Crippen LogP contribution in [0.2, 0.25) is 5.02 Å². The summed E-state index contributed by atoms with van der Waals surface area (Å²) >= 11 is 5.91. The fourth-order valence-electron chi connectivity index (χ4n) is 3.20. The Balaban J connectivity index is 1.95. The van der Waals surface area contributed by atoms with E-state index >= 15 is 0 Å². The third-order valence-electron chi connectivity index (χ3n) is 4.82. The maximum atomic E-state index is 13.0. The van der Waals surface area contributed by atoms with Gasteiger partial charge in [0.2, 0.25) is 0 Å². The molecular formula is C22H20ClNO3. The molecule has 0 bridgehead atoms. The fourth-order valence-corrected chi connectivity index (χ4v) is 3.32. The lowest BCUT2D eigenvalue weighted by atomic mass is 9.87. The molecule has 0 saturated carbocycles. The molecule has 0 saturated heterocycles. The first-order valence-corrected chi connectivity index (χ1v) is 9.11. The SMILES string of the molecule is CCC(Cc1ccc(Cl)cc1)(NC(=O)c1cccc2ccccc12)C(=O)O. The van der Waals surface area contributed by atoms with Crippen LogP contribution in [0, 0.1) is 0 Å². The Kier molecular flexibility index (Phi) is 5.47. The fraction of sp³-hybridized carbons (Fsp3) is 0.182. The highest BCUT2D eigenvalue weighted by atomic mass is 35.5. The number of carboxylic acid groups (broad SMARTS) is 1. The Hall–Kier alpha value is -2.85. The summed E-state index contributed by atoms with van der Waals surface area (Å²) < 4.78 is 0. The third kappa shape index (κ3) is 3.96. The number of carboxylic acids is 1. The van der Waals surface area contributed by atoms with Crippen molar-refractivity contribution in [3.8, 4) is 0 Å². The van der Waals surface area contributed by atoms with Gasteiger partial charge in [0.05, 0.1) is 0 Å². The minimum absolute atomic E-state index is 0.173. The first-order chi connectivity index (χ1) is 12.9. The van der Waals surface area contributed by atoms with Crippen molar-refractivity contribution in [2.75, 3.05) is 0 Å². The van der Waals surface area contributed by atoms with E-state index in [-0.39, 0.29) is 12.8 Å². The van der Waals surface area contributed by atoms with Gasteiger partial charge in [-0.1, -0.05) is 67.1 Å². The van der Waals surface area contributed by atoms with Crippen LogP contribution >= 0.6 is 11.6 Å². The van der Waals surface area contributed by atoms with Crippen LogP contribution in [-0.4, -0.2) is 22.5 Å². The van der Waals surface area contributed by atoms with Crippen LogP contribution in [0.25, 0.3) is 10.8 Å². The molecule has 0 aromatic heterocycles. The second kappa shape index (κ2) is 7.80. The van der Waals surface area contributed by atoms with Crippen LogP contribution in [-0.2, 0) is 11.2 Å². The summed E-state index contributed by atoms with van der Waals surface area (Å²) in [5, 5.41) is 15.0. The number of benzene rings is 3. The van der Waals surface area contributed by atoms with Crippen molar-refractivity contribution in [2.24, 2.45) is 0 Å². The molecule has 2 N–H and O–H groups in total. The Morgan fingerprint density at radius 2 is 1.67 bits per heavy atom. The van der Waals surface area contributed by atoms with E-state index in [1.165, 1.54) is 0 Å². The van der Waals surface area contributed by atoms with E-state index in [1.807, 2.05) is 30.3 Å². The van der Waals surface area contributed by atoms with Crippen LogP contribution in [0.5, 0.6) is 0 Å². The first kappa shape index (κ1) is 18.9. The van der Waals surface area contributed by atoms with Crippen LogP contribution in [0.15, 0.2) is 66.7 Å². The van der Waals surface area contributed by atoms with Gasteiger partial charge < -0.3 is 10.4 Å². The lowest BCUT2D eigenvalue weighted by molar-refractivity contribution is -0.144. The maximum absolute atomic E-state index is 13.0. The molecule has 0 aliphatic carbocycles. The van der Waals surface area contributed by atoms with Gasteiger partial charge in [0.15, 0.2) is 0 Å². The molecule has 138 valence electrons. The molecule has 1 amide bonds. The van der Waals surface area contributed by atoms with Gasteiger partial charge in [-0.2, -0.15) is 0 Å². The Morgan fingerprint density at radius 1 is 1.00 bits per heavy atom. The highest BCUT2D eigenvalue weighted by molar-refractivity contribution is 6.30. The lowest BCUT2D eigenvalue weighted by Crippen LogP contribution is -2.55. The van der Waals surface area contributed by atoms with Crippen LogP contribution in [0.4, 0.5) is 0 Å². The number of hydrogen-bond donors (Lipinski definition) is 2. The van der Waals surface area contributed by atoms with Crippen LogP contribution < -0.4 is 5.32 Å². The minimum Gasteiger partial charge on any atom is -0.479 e. The number of amides is 1. The summed E-state index contributed by atoms with van der Waals surface area (Å²) in [7, 11) is 0. The van der Waals surface area contributed by atoms with E-state index < -0.39 is 17.4 Å². The van der Waals surface area contributed by atoms with E-state index in [9.17, 15) is 14.7 Å². The van der Waals surface area contributed by atoms with Crippen LogP contribution in [0.1, 0.15) is 29.3 Å². The average Bonchev–Trinajstić information content (AvgIpc) is 2.68. The predicted molar refractivity (Wildman–Crippen MR) is 107 cm³/mol. The molecule has 1 unspecified atom stereocenters. The van der Waals surface area contributed by atoms with Gasteiger partial charge in [0.25, 0.3) is 5.91 Å². The number of hydrogen-bond acceptors (Lipinski definition) is 2. The molecule has 3 aromatic rings. The quantitative estimate of drug-likeness (QED) is 0.650. The second-order valence-corrected chi connectivity index (χ2v) is 6.96. The molecular weight excluding hydrogens is 362 g/mol. The van der Waals surface area contributed by atoms with E-state index in [4.69, 9.17) is 11.6 Å². The number of aliphatic carboxylic acids is 1. The van der Waals surface area contributed by atoms with E-state index in [0.29, 0.717) is 10.6 Å². The van der Waals surface area contributed by atoms with E-state index in [0.717, 1.165) is 16.3 Å². The molecule has 0 aliphatic rings. The summed E-state index contributed by atoms with van der Waals surface area (Å²) in [5.74, 6) is -1.46. The van der Waals surface area contributed by atoms with E-state index in [1.54, 1.807) is 43.3 Å². The minimum atomic E-state index is -1.40. The molecule has 4 nitrogen and oxygen atoms in total. The van der Waals surface area contributed by atoms with Gasteiger partial charge in [0.1, 0.15) is 5.54 Å². The van der Waals surface area contributed by atoms with Gasteiger partial charge >= 0.3 is 5.97 Å². The molecule has 0 spiro atoms. The lowest BCUT2D eigenvalue weighted by Gasteiger charge is -2.30. The Morgan fingerprint density at radius 3 is 2.33 bits per heavy atom. The van der Waals surface area contributed by atoms with Crippen molar-refractivity contribution in [3.63, 3.8) is 0 Å². The predicted octanol–water partition coefficient (Wildman–Crippen LogP) is 4.70. The molecule has 0 fully saturated rings. The van der Waals surface area contributed by atoms with E-state index in [2.05, 4.69) is 5.32 Å². The summed E-state index contributed by atoms with van der Waals surface area (Å²) in [4.78, 5) is 25.1. The summed E-state index contributed by atoms with van der Waals surface area (Å²) in [6.07, 6.45) is 0.425. The Labute approximate surface area is 162 Å². The largest absolute Gasteiger partial charge is 0.479 e. The summed E-state index contributed by atoms with van der Waals surface area (Å²) in [6.45, 7) is 1.76. The van der Waals surface area contributed by atoms with Gasteiger partial charge in [-0.3, -0.25) is 4.79 Å². The average molecular weight is 382 g/mol. The smallest absolute Gasteiger partial charge is 0.329 e. The van der Waals surface area contributed by atoms with Crippen molar-refractivity contribution >= 4 is 34.2 Å². The van der Waals surface area contributed by atoms with Gasteiger partial charge in [0, 0.05) is 17.0 Å². The molecule has 0 heterocycles. The number of fused-ring (bicyclic) bond motifs is 1. The maximum Gasteiger partial charge on any atom is 0.329 e. The number of carbonyl (C=O) groups is 2. The zero-order chi connectivity index (χ0) is 19.4. The number of halogens is 1. The van der Waals surface area contributed by atoms with Gasteiger partial charge in [-0.15, -0.1) is 0 Å². The summed E-state index contributed by atoms with van der Waals surface area (Å²) in [6, 6.07) is 19.9. The molecule has 1 atom stereocenters. The second-order valence-electron chi connectivity index (χ2n) is 6.52. The number of nitrogens with one attached hydrogen (secondary N) is 1. The zero-order valence-electron chi connectivity index (χ0n) is 14.9. The summed E-state index contributed by atoms with van der Waals surface area (Å²) in [5.41, 5.74) is -0.146. The number of rotatable bonds is 6. The Bertz CT molecular complexity index is 979. The van der Waals surface area contributed by atoms with Crippen molar-refractivity contribution in [1.29, 1.82) is 0 Å². The molecule has 0 radical (unpaired) electrons. The van der Waals surface area contributed by atoms with Crippen molar-refractivity contribution in [1.82, 2.24) is 5.32 Å². The third-order valence-corrected chi connectivity index (χ3v) is 5.07. The molecule has 27 heavy (non-hydrogen) atoms. The van der Waals surface area contributed by atoms with Gasteiger partial charge in [-0.25, -0.2) is 4.79 Å². The standard InChI is InChI=1S/C22H20ClNO3/c1-2-22(21(26)27,14-15-10-12-17(23)13-11-15)24-20(25)19-9-5-7-16-6-3-4-8-18(16)19/h3-13H,2,14H2,1H3,(H,24,25)(H,26,27). The highest BCUT2D eigenvalue weighted by Gasteiger charge is 2.39. The molecule has 3 rings (SSSR count).